The second-order valence-corrected chi connectivity index (χ2v) is 6.27. The molecule has 28 heavy (non-hydrogen) atoms. The third-order valence-corrected chi connectivity index (χ3v) is 3.69. The number of nitrogens with zero attached hydrogens (tertiary/aromatic N) is 2. The van der Waals surface area contributed by atoms with E-state index in [4.69, 9.17) is 10.1 Å². The highest BCUT2D eigenvalue weighted by Crippen LogP contribution is 2.31. The minimum atomic E-state index is -4.63. The van der Waals surface area contributed by atoms with Crippen molar-refractivity contribution in [2.45, 2.75) is 0 Å². The van der Waals surface area contributed by atoms with Crippen LogP contribution in [0.25, 0.3) is 4.98 Å². The normalized spacial score (nSPS) is 10.0. The number of benzene rings is 3. The van der Waals surface area contributed by atoms with Crippen LogP contribution in [0.15, 0.2) is 78.9 Å². The van der Waals surface area contributed by atoms with Crippen molar-refractivity contribution in [2.24, 2.45) is 0 Å². The van der Waals surface area contributed by atoms with Gasteiger partial charge in [0.1, 0.15) is 5.75 Å². The van der Waals surface area contributed by atoms with Crippen molar-refractivity contribution in [3.63, 3.8) is 0 Å². The molecule has 0 atom stereocenters. The van der Waals surface area contributed by atoms with Gasteiger partial charge in [0.05, 0.1) is 7.11 Å². The number of nitrogens with one attached hydrogen (secondary N) is 1. The summed E-state index contributed by atoms with van der Waals surface area (Å²) in [5, 5.41) is 12.0. The Bertz CT molecular complexity index is 1040. The predicted octanol–water partition coefficient (Wildman–Crippen LogP) is 4.45. The fourth-order valence-corrected chi connectivity index (χ4v) is 2.47. The summed E-state index contributed by atoms with van der Waals surface area (Å²) in [6.07, 6.45) is 0. The van der Waals surface area contributed by atoms with Gasteiger partial charge in [0.15, 0.2) is 4.98 Å². The first-order valence-electron chi connectivity index (χ1n) is 7.97. The molecule has 0 radical (unpaired) electrons. The molecule has 8 nitrogen and oxygen atoms in total. The molecule has 3 aromatic carbocycles. The molecule has 0 heterocycles. The maximum Gasteiger partial charge on any atom is 0.426 e. The summed E-state index contributed by atoms with van der Waals surface area (Å²) < 4.78 is 39.2. The zero-order valence-electron chi connectivity index (χ0n) is 14.8. The van der Waals surface area contributed by atoms with Crippen LogP contribution >= 0.6 is 0 Å². The smallest absolute Gasteiger partial charge is 0.426 e. The maximum atomic E-state index is 10.0. The molecule has 0 aromatic heterocycles. The van der Waals surface area contributed by atoms with Crippen molar-refractivity contribution >= 4 is 27.5 Å². The van der Waals surface area contributed by atoms with E-state index in [0.717, 1.165) is 11.4 Å². The molecule has 0 saturated carbocycles. The SMILES string of the molecule is COc1cc(Nc2ccccc2)ccc1[N+]#N.O=S(=O)([O-])Oc1ccccc1. The molecular weight excluding hydrogens is 382 g/mol. The quantitative estimate of drug-likeness (QED) is 0.383. The van der Waals surface area contributed by atoms with Crippen LogP contribution in [0.5, 0.6) is 11.5 Å². The van der Waals surface area contributed by atoms with Gasteiger partial charge in [-0.05, 0) is 30.3 Å². The van der Waals surface area contributed by atoms with Crippen LogP contribution in [0.2, 0.25) is 0 Å². The Balaban J connectivity index is 0.000000221. The molecule has 3 aromatic rings. The van der Waals surface area contributed by atoms with Gasteiger partial charge in [-0.15, -0.1) is 0 Å². The summed E-state index contributed by atoms with van der Waals surface area (Å²) in [5.41, 5.74) is 2.27. The number of rotatable bonds is 5. The van der Waals surface area contributed by atoms with E-state index in [1.54, 1.807) is 30.3 Å². The molecule has 0 spiro atoms. The van der Waals surface area contributed by atoms with E-state index in [9.17, 15) is 13.0 Å². The van der Waals surface area contributed by atoms with Crippen molar-refractivity contribution in [1.29, 1.82) is 5.39 Å². The number of hydrogen-bond acceptors (Lipinski definition) is 7. The molecule has 1 N–H and O–H groups in total. The molecule has 144 valence electrons. The zero-order valence-corrected chi connectivity index (χ0v) is 15.7. The first kappa shape index (κ1) is 20.7. The molecule has 0 bridgehead atoms. The highest BCUT2D eigenvalue weighted by molar-refractivity contribution is 7.81. The van der Waals surface area contributed by atoms with E-state index in [2.05, 4.69) is 14.5 Å². The Kier molecular flexibility index (Phi) is 7.33. The van der Waals surface area contributed by atoms with Crippen molar-refractivity contribution in [2.75, 3.05) is 12.4 Å². The van der Waals surface area contributed by atoms with Crippen LogP contribution in [0.1, 0.15) is 0 Å². The Morgan fingerprint density at radius 3 is 2.07 bits per heavy atom. The van der Waals surface area contributed by atoms with E-state index in [1.165, 1.54) is 19.2 Å². The van der Waals surface area contributed by atoms with E-state index < -0.39 is 10.4 Å². The van der Waals surface area contributed by atoms with E-state index in [-0.39, 0.29) is 5.75 Å². The van der Waals surface area contributed by atoms with Gasteiger partial charge < -0.3 is 18.8 Å². The number of anilines is 2. The number of hydrogen-bond donors (Lipinski definition) is 1. The van der Waals surface area contributed by atoms with Crippen LogP contribution in [0.4, 0.5) is 17.1 Å². The molecular formula is C19H17N3O5S. The van der Waals surface area contributed by atoms with Gasteiger partial charge in [-0.1, -0.05) is 36.4 Å². The lowest BCUT2D eigenvalue weighted by molar-refractivity contribution is 0.372. The minimum Gasteiger partial charge on any atom is -0.716 e. The minimum absolute atomic E-state index is 0.0301. The largest absolute Gasteiger partial charge is 0.716 e. The summed E-state index contributed by atoms with van der Waals surface area (Å²) in [7, 11) is -3.09. The first-order valence-corrected chi connectivity index (χ1v) is 9.30. The Morgan fingerprint density at radius 2 is 1.54 bits per heavy atom. The van der Waals surface area contributed by atoms with E-state index >= 15 is 0 Å². The average Bonchev–Trinajstić information content (AvgIpc) is 2.68. The van der Waals surface area contributed by atoms with Gasteiger partial charge in [0.2, 0.25) is 11.1 Å². The van der Waals surface area contributed by atoms with Crippen molar-refractivity contribution in [3.05, 3.63) is 83.8 Å². The summed E-state index contributed by atoms with van der Waals surface area (Å²) in [6, 6.07) is 22.7. The number of methoxy groups -OCH3 is 1. The zero-order chi connectivity index (χ0) is 20.4. The summed E-state index contributed by atoms with van der Waals surface area (Å²) in [5.74, 6) is 0.552. The summed E-state index contributed by atoms with van der Waals surface area (Å²) in [4.78, 5) is 3.14. The third kappa shape index (κ3) is 6.95. The van der Waals surface area contributed by atoms with E-state index in [1.807, 2.05) is 36.4 Å². The van der Waals surface area contributed by atoms with Crippen LogP contribution < -0.4 is 14.2 Å². The van der Waals surface area contributed by atoms with Crippen LogP contribution in [0.3, 0.4) is 0 Å². The molecule has 0 aliphatic heterocycles. The Labute approximate surface area is 162 Å². The van der Waals surface area contributed by atoms with Crippen molar-refractivity contribution < 1.29 is 21.9 Å². The fraction of sp³-hybridized carbons (Fsp3) is 0.0526. The van der Waals surface area contributed by atoms with Gasteiger partial charge >= 0.3 is 5.69 Å². The molecule has 3 rings (SSSR count). The lowest BCUT2D eigenvalue weighted by atomic mass is 10.2. The standard InChI is InChI=1S/C13H12N3O.C6H6O4S/c1-17-13-9-11(7-8-12(13)16-14)15-10-5-3-2-4-6-10;7-11(8,9)10-6-4-2-1-3-5-6/h2-9,15H,1H3;1-5H,(H,7,8,9)/q+1;/p-1. The molecule has 9 heteroatoms. The van der Waals surface area contributed by atoms with Crippen molar-refractivity contribution in [1.82, 2.24) is 0 Å². The molecule has 0 fully saturated rings. The second kappa shape index (κ2) is 9.91. The van der Waals surface area contributed by atoms with Gasteiger partial charge in [0.25, 0.3) is 10.4 Å². The second-order valence-electron chi connectivity index (χ2n) is 5.28. The van der Waals surface area contributed by atoms with Crippen LogP contribution in [0, 0.1) is 5.39 Å². The number of diazo groups is 1. The predicted molar refractivity (Wildman–Crippen MR) is 104 cm³/mol. The average molecular weight is 399 g/mol. The summed E-state index contributed by atoms with van der Waals surface area (Å²) in [6.45, 7) is 0. The Hall–Kier alpha value is -3.61. The van der Waals surface area contributed by atoms with Gasteiger partial charge in [-0.2, -0.15) is 0 Å². The first-order chi connectivity index (χ1) is 13.4. The van der Waals surface area contributed by atoms with Gasteiger partial charge in [0, 0.05) is 23.5 Å². The number of ether oxygens (including phenoxy) is 1. The maximum absolute atomic E-state index is 10.0. The lowest BCUT2D eigenvalue weighted by Crippen LogP contribution is -2.06. The molecule has 0 saturated heterocycles. The third-order valence-electron chi connectivity index (χ3n) is 3.29. The Morgan fingerprint density at radius 1 is 0.929 bits per heavy atom. The van der Waals surface area contributed by atoms with Gasteiger partial charge in [-0.3, -0.25) is 0 Å². The van der Waals surface area contributed by atoms with Crippen LogP contribution in [-0.2, 0) is 10.4 Å². The fourth-order valence-electron chi connectivity index (χ4n) is 2.12. The molecule has 0 aliphatic carbocycles. The van der Waals surface area contributed by atoms with Crippen LogP contribution in [-0.4, -0.2) is 20.1 Å². The topological polar surface area (TPSA) is 116 Å². The van der Waals surface area contributed by atoms with Gasteiger partial charge in [-0.25, -0.2) is 8.42 Å². The monoisotopic (exact) mass is 399 g/mol. The summed E-state index contributed by atoms with van der Waals surface area (Å²) >= 11 is 0. The van der Waals surface area contributed by atoms with Crippen molar-refractivity contribution in [3.8, 4) is 11.5 Å². The molecule has 0 unspecified atom stereocenters. The lowest BCUT2D eigenvalue weighted by Gasteiger charge is -2.07. The molecule has 0 amide bonds. The number of para-hydroxylation sites is 2. The molecule has 0 aliphatic rings. The van der Waals surface area contributed by atoms with E-state index in [0.29, 0.717) is 11.4 Å². The highest BCUT2D eigenvalue weighted by Gasteiger charge is 2.14. The highest BCUT2D eigenvalue weighted by atomic mass is 32.3.